The number of fused-ring (bicyclic) bond motifs is 1. The van der Waals surface area contributed by atoms with E-state index in [0.717, 1.165) is 6.42 Å². The van der Waals surface area contributed by atoms with Crippen molar-refractivity contribution in [2.75, 3.05) is 0 Å². The number of hydrogen-bond donors (Lipinski definition) is 1. The van der Waals surface area contributed by atoms with Crippen LogP contribution < -0.4 is 5.73 Å². The second-order valence-electron chi connectivity index (χ2n) is 5.32. The summed E-state index contributed by atoms with van der Waals surface area (Å²) in [5.74, 6) is 0. The molecule has 0 aliphatic heterocycles. The predicted molar refractivity (Wildman–Crippen MR) is 74.4 cm³/mol. The van der Waals surface area contributed by atoms with E-state index in [1.54, 1.807) is 0 Å². The van der Waals surface area contributed by atoms with E-state index in [2.05, 4.69) is 56.5 Å². The fraction of sp³-hybridized carbons (Fsp3) is 0.467. The molecule has 1 aromatic carbocycles. The van der Waals surface area contributed by atoms with Crippen LogP contribution in [-0.4, -0.2) is 10.6 Å². The Morgan fingerprint density at radius 2 is 1.88 bits per heavy atom. The van der Waals surface area contributed by atoms with Gasteiger partial charge in [0.25, 0.3) is 0 Å². The first-order chi connectivity index (χ1) is 7.99. The Morgan fingerprint density at radius 1 is 1.18 bits per heavy atom. The molecular weight excluding hydrogens is 208 g/mol. The maximum absolute atomic E-state index is 5.85. The first-order valence-corrected chi connectivity index (χ1v) is 6.35. The van der Waals surface area contributed by atoms with Crippen molar-refractivity contribution in [2.24, 2.45) is 5.73 Å². The number of aromatic nitrogens is 1. The first-order valence-electron chi connectivity index (χ1n) is 6.35. The highest BCUT2D eigenvalue weighted by Gasteiger charge is 2.09. The minimum Gasteiger partial charge on any atom is -0.342 e. The van der Waals surface area contributed by atoms with E-state index >= 15 is 0 Å². The predicted octanol–water partition coefficient (Wildman–Crippen LogP) is 3.42. The van der Waals surface area contributed by atoms with Crippen LogP contribution in [0.2, 0.25) is 0 Å². The lowest BCUT2D eigenvalue weighted by atomic mass is 10.1. The molecule has 0 fully saturated rings. The second kappa shape index (κ2) is 4.53. The van der Waals surface area contributed by atoms with Gasteiger partial charge in [-0.25, -0.2) is 0 Å². The molecule has 1 aromatic heterocycles. The third kappa shape index (κ3) is 2.37. The molecule has 2 rings (SSSR count). The molecule has 1 atom stereocenters. The zero-order valence-electron chi connectivity index (χ0n) is 11.2. The lowest BCUT2D eigenvalue weighted by molar-refractivity contribution is 0.608. The van der Waals surface area contributed by atoms with Gasteiger partial charge in [-0.3, -0.25) is 0 Å². The summed E-state index contributed by atoms with van der Waals surface area (Å²) in [6, 6.07) is 9.68. The third-order valence-electron chi connectivity index (χ3n) is 3.17. The van der Waals surface area contributed by atoms with E-state index in [1.165, 1.54) is 22.2 Å². The van der Waals surface area contributed by atoms with E-state index in [0.29, 0.717) is 6.04 Å². The molecule has 0 bridgehead atoms. The number of nitrogens with zero attached hydrogens (tertiary/aromatic N) is 1. The van der Waals surface area contributed by atoms with Crippen LogP contribution in [0.1, 0.15) is 38.1 Å². The molecule has 0 spiro atoms. The normalized spacial score (nSPS) is 13.5. The zero-order valence-corrected chi connectivity index (χ0v) is 11.2. The lowest BCUT2D eigenvalue weighted by Crippen LogP contribution is -2.17. The van der Waals surface area contributed by atoms with Gasteiger partial charge in [-0.15, -0.1) is 0 Å². The highest BCUT2D eigenvalue weighted by atomic mass is 15.0. The Kier molecular flexibility index (Phi) is 3.25. The Labute approximate surface area is 103 Å². The molecule has 0 aliphatic carbocycles. The Hall–Kier alpha value is -1.28. The van der Waals surface area contributed by atoms with Crippen LogP contribution in [0.5, 0.6) is 0 Å². The SMILES string of the molecule is Cc1cc2cc(CC(C)N)ccc2n1C(C)C. The third-order valence-corrected chi connectivity index (χ3v) is 3.17. The highest BCUT2D eigenvalue weighted by Crippen LogP contribution is 2.24. The van der Waals surface area contributed by atoms with Crippen LogP contribution in [-0.2, 0) is 6.42 Å². The van der Waals surface area contributed by atoms with Crippen molar-refractivity contribution in [3.63, 3.8) is 0 Å². The van der Waals surface area contributed by atoms with Crippen LogP contribution in [0, 0.1) is 6.92 Å². The lowest BCUT2D eigenvalue weighted by Gasteiger charge is -2.12. The molecule has 0 saturated carbocycles. The number of aryl methyl sites for hydroxylation is 1. The number of rotatable bonds is 3. The van der Waals surface area contributed by atoms with Gasteiger partial charge in [0.2, 0.25) is 0 Å². The largest absolute Gasteiger partial charge is 0.342 e. The molecule has 1 heterocycles. The Bertz CT molecular complexity index is 521. The minimum absolute atomic E-state index is 0.223. The van der Waals surface area contributed by atoms with Gasteiger partial charge in [-0.1, -0.05) is 6.07 Å². The molecular formula is C15H22N2. The molecule has 92 valence electrons. The van der Waals surface area contributed by atoms with Crippen LogP contribution in [0.15, 0.2) is 24.3 Å². The topological polar surface area (TPSA) is 30.9 Å². The number of hydrogen-bond acceptors (Lipinski definition) is 1. The summed E-state index contributed by atoms with van der Waals surface area (Å²) >= 11 is 0. The van der Waals surface area contributed by atoms with E-state index < -0.39 is 0 Å². The van der Waals surface area contributed by atoms with Crippen molar-refractivity contribution >= 4 is 10.9 Å². The molecule has 0 amide bonds. The van der Waals surface area contributed by atoms with Crippen molar-refractivity contribution < 1.29 is 0 Å². The maximum atomic E-state index is 5.85. The van der Waals surface area contributed by atoms with Crippen molar-refractivity contribution in [1.29, 1.82) is 0 Å². The molecule has 0 aliphatic rings. The van der Waals surface area contributed by atoms with Gasteiger partial charge < -0.3 is 10.3 Å². The second-order valence-corrected chi connectivity index (χ2v) is 5.32. The number of nitrogens with two attached hydrogens (primary N) is 1. The molecule has 2 aromatic rings. The van der Waals surface area contributed by atoms with Crippen LogP contribution in [0.4, 0.5) is 0 Å². The molecule has 2 nitrogen and oxygen atoms in total. The summed E-state index contributed by atoms with van der Waals surface area (Å²) in [6.45, 7) is 8.67. The standard InChI is InChI=1S/C15H22N2/c1-10(2)17-12(4)8-14-9-13(7-11(3)16)5-6-15(14)17/h5-6,8-11H,7,16H2,1-4H3. The minimum atomic E-state index is 0.223. The van der Waals surface area contributed by atoms with Gasteiger partial charge in [0.1, 0.15) is 0 Å². The summed E-state index contributed by atoms with van der Waals surface area (Å²) in [7, 11) is 0. The number of benzene rings is 1. The summed E-state index contributed by atoms with van der Waals surface area (Å²) in [5, 5.41) is 1.33. The summed E-state index contributed by atoms with van der Waals surface area (Å²) in [5.41, 5.74) is 9.83. The van der Waals surface area contributed by atoms with Crippen molar-refractivity contribution in [3.8, 4) is 0 Å². The monoisotopic (exact) mass is 230 g/mol. The molecule has 2 N–H and O–H groups in total. The van der Waals surface area contributed by atoms with Gasteiger partial charge in [0.15, 0.2) is 0 Å². The molecule has 0 radical (unpaired) electrons. The first kappa shape index (κ1) is 12.2. The summed E-state index contributed by atoms with van der Waals surface area (Å²) in [6.07, 6.45) is 0.946. The smallest absolute Gasteiger partial charge is 0.0485 e. The molecule has 0 saturated heterocycles. The van der Waals surface area contributed by atoms with Gasteiger partial charge in [-0.05, 0) is 57.9 Å². The Balaban J connectivity index is 2.50. The van der Waals surface area contributed by atoms with Gasteiger partial charge >= 0.3 is 0 Å². The fourth-order valence-corrected chi connectivity index (χ4v) is 2.61. The zero-order chi connectivity index (χ0) is 12.6. The average Bonchev–Trinajstić information content (AvgIpc) is 2.51. The van der Waals surface area contributed by atoms with E-state index in [-0.39, 0.29) is 6.04 Å². The highest BCUT2D eigenvalue weighted by molar-refractivity contribution is 5.82. The van der Waals surface area contributed by atoms with Crippen LogP contribution in [0.25, 0.3) is 10.9 Å². The quantitative estimate of drug-likeness (QED) is 0.860. The van der Waals surface area contributed by atoms with Crippen LogP contribution in [0.3, 0.4) is 0 Å². The summed E-state index contributed by atoms with van der Waals surface area (Å²) in [4.78, 5) is 0. The molecule has 2 heteroatoms. The molecule has 1 unspecified atom stereocenters. The van der Waals surface area contributed by atoms with E-state index in [4.69, 9.17) is 5.73 Å². The van der Waals surface area contributed by atoms with Gasteiger partial charge in [0.05, 0.1) is 0 Å². The van der Waals surface area contributed by atoms with Crippen LogP contribution >= 0.6 is 0 Å². The van der Waals surface area contributed by atoms with E-state index in [9.17, 15) is 0 Å². The average molecular weight is 230 g/mol. The van der Waals surface area contributed by atoms with Crippen molar-refractivity contribution in [3.05, 3.63) is 35.5 Å². The van der Waals surface area contributed by atoms with Gasteiger partial charge in [-0.2, -0.15) is 0 Å². The Morgan fingerprint density at radius 3 is 2.47 bits per heavy atom. The van der Waals surface area contributed by atoms with E-state index in [1.807, 2.05) is 0 Å². The van der Waals surface area contributed by atoms with Crippen molar-refractivity contribution in [1.82, 2.24) is 4.57 Å². The van der Waals surface area contributed by atoms with Crippen molar-refractivity contribution in [2.45, 2.75) is 46.2 Å². The summed E-state index contributed by atoms with van der Waals surface area (Å²) < 4.78 is 2.38. The fourth-order valence-electron chi connectivity index (χ4n) is 2.61. The maximum Gasteiger partial charge on any atom is 0.0485 e. The van der Waals surface area contributed by atoms with Gasteiger partial charge in [0, 0.05) is 28.7 Å². The molecule has 17 heavy (non-hydrogen) atoms.